The van der Waals surface area contributed by atoms with Crippen molar-refractivity contribution in [1.29, 1.82) is 0 Å². The molecule has 0 aromatic carbocycles. The molecule has 0 saturated heterocycles. The number of allylic oxidation sites excluding steroid dienone is 3. The van der Waals surface area contributed by atoms with Crippen molar-refractivity contribution in [2.75, 3.05) is 0 Å². The first kappa shape index (κ1) is 11.4. The number of hydrogen-bond acceptors (Lipinski definition) is 2. The molecular formula is C12H13IN2O. The molecule has 2 rings (SSSR count). The molecule has 0 amide bonds. The molecule has 16 heavy (non-hydrogen) atoms. The van der Waals surface area contributed by atoms with Gasteiger partial charge in [0.15, 0.2) is 5.78 Å². The first-order valence-electron chi connectivity index (χ1n) is 5.12. The molecule has 0 atom stereocenters. The van der Waals surface area contributed by atoms with E-state index in [0.717, 1.165) is 9.28 Å². The van der Waals surface area contributed by atoms with Gasteiger partial charge in [-0.05, 0) is 16.2 Å². The van der Waals surface area contributed by atoms with E-state index < -0.39 is 0 Å². The maximum atomic E-state index is 12.1. The third-order valence-electron chi connectivity index (χ3n) is 2.22. The molecule has 0 fully saturated rings. The van der Waals surface area contributed by atoms with Gasteiger partial charge in [-0.2, -0.15) is 5.10 Å². The molecule has 1 aromatic heterocycles. The van der Waals surface area contributed by atoms with Crippen LogP contribution in [0, 0.1) is 5.92 Å². The Hall–Kier alpha value is -1.04. The molecule has 0 radical (unpaired) electrons. The second kappa shape index (κ2) is 4.86. The van der Waals surface area contributed by atoms with E-state index in [2.05, 4.69) is 9.11 Å². The van der Waals surface area contributed by atoms with Crippen molar-refractivity contribution in [2.45, 2.75) is 13.8 Å². The molecule has 0 unspecified atom stereocenters. The van der Waals surface area contributed by atoms with Gasteiger partial charge < -0.3 is 0 Å². The van der Waals surface area contributed by atoms with E-state index in [4.69, 9.17) is 0 Å². The van der Waals surface area contributed by atoms with E-state index in [9.17, 15) is 4.79 Å². The van der Waals surface area contributed by atoms with Crippen molar-refractivity contribution in [2.24, 2.45) is 5.92 Å². The molecule has 84 valence electrons. The van der Waals surface area contributed by atoms with Crippen molar-refractivity contribution in [3.63, 3.8) is 0 Å². The summed E-state index contributed by atoms with van der Waals surface area (Å²) in [4.78, 5) is 12.1. The predicted molar refractivity (Wildman–Crippen MR) is 74.5 cm³/mol. The minimum atomic E-state index is -0.256. The Bertz CT molecular complexity index is 481. The third kappa shape index (κ3) is 2.21. The lowest BCUT2D eigenvalue weighted by molar-refractivity contribution is -0.117. The average Bonchev–Trinajstić information content (AvgIpc) is 2.81. The molecule has 1 aromatic rings. The van der Waals surface area contributed by atoms with Crippen LogP contribution in [0.15, 0.2) is 36.2 Å². The first-order valence-corrected chi connectivity index (χ1v) is 7.44. The number of Topliss-reactive ketones (excluding diaryl/α,β-unsaturated/α-hetero) is 1. The molecule has 1 aliphatic rings. The Kier molecular flexibility index (Phi) is 3.48. The zero-order valence-corrected chi connectivity index (χ0v) is 11.4. The number of nitrogens with zero attached hydrogens (tertiary/aromatic N) is 2. The van der Waals surface area contributed by atoms with Crippen LogP contribution < -0.4 is 0 Å². The van der Waals surface area contributed by atoms with E-state index in [1.807, 2.05) is 42.9 Å². The average molecular weight is 328 g/mol. The van der Waals surface area contributed by atoms with E-state index in [-0.39, 0.29) is 32.4 Å². The third-order valence-corrected chi connectivity index (χ3v) is 4.66. The molecule has 4 heteroatoms. The summed E-state index contributed by atoms with van der Waals surface area (Å²) in [6.45, 7) is 3.86. The van der Waals surface area contributed by atoms with Crippen LogP contribution in [-0.2, 0) is 4.79 Å². The number of carbonyl (C=O) groups is 1. The largest absolute Gasteiger partial charge is 0.294 e. The molecular weight excluding hydrogens is 315 g/mol. The highest BCUT2D eigenvalue weighted by Gasteiger charge is 2.17. The Labute approximate surface area is 105 Å². The van der Waals surface area contributed by atoms with Crippen LogP contribution in [0.25, 0.3) is 3.70 Å². The van der Waals surface area contributed by atoms with Crippen LogP contribution in [0.2, 0.25) is 0 Å². The SMILES string of the molecule is CC(C)C(=O)C1=C(n2cccn2)I=CC=C1. The van der Waals surface area contributed by atoms with Crippen LogP contribution in [0.1, 0.15) is 13.8 Å². The molecule has 0 aliphatic carbocycles. The van der Waals surface area contributed by atoms with Gasteiger partial charge in [-0.3, -0.25) is 4.79 Å². The topological polar surface area (TPSA) is 34.9 Å². The molecule has 0 saturated carbocycles. The van der Waals surface area contributed by atoms with Crippen LogP contribution in [-0.4, -0.2) is 19.6 Å². The van der Waals surface area contributed by atoms with Crippen molar-refractivity contribution in [3.8, 4) is 0 Å². The Morgan fingerprint density at radius 3 is 2.94 bits per heavy atom. The van der Waals surface area contributed by atoms with E-state index in [1.54, 1.807) is 6.20 Å². The van der Waals surface area contributed by atoms with Crippen molar-refractivity contribution in [1.82, 2.24) is 9.78 Å². The lowest BCUT2D eigenvalue weighted by Crippen LogP contribution is -2.12. The van der Waals surface area contributed by atoms with Gasteiger partial charge in [0, 0.05) is 23.9 Å². The number of hydrogen-bond donors (Lipinski definition) is 0. The van der Waals surface area contributed by atoms with Crippen LogP contribution in [0.3, 0.4) is 0 Å². The van der Waals surface area contributed by atoms with Gasteiger partial charge in [0.1, 0.15) is 3.70 Å². The second-order valence-corrected chi connectivity index (χ2v) is 6.13. The lowest BCUT2D eigenvalue weighted by atomic mass is 10.0. The fourth-order valence-electron chi connectivity index (χ4n) is 1.41. The minimum Gasteiger partial charge on any atom is -0.294 e. The Morgan fingerprint density at radius 2 is 2.31 bits per heavy atom. The summed E-state index contributed by atoms with van der Waals surface area (Å²) < 4.78 is 5.04. The first-order chi connectivity index (χ1) is 7.70. The van der Waals surface area contributed by atoms with Gasteiger partial charge in [-0.25, -0.2) is 4.68 Å². The summed E-state index contributed by atoms with van der Waals surface area (Å²) >= 11 is -0.256. The maximum absolute atomic E-state index is 12.1. The number of carbonyl (C=O) groups excluding carboxylic acids is 1. The smallest absolute Gasteiger partial charge is 0.168 e. The quantitative estimate of drug-likeness (QED) is 0.800. The summed E-state index contributed by atoms with van der Waals surface area (Å²) in [6.07, 6.45) is 7.53. The van der Waals surface area contributed by atoms with Gasteiger partial charge in [0.25, 0.3) is 0 Å². The summed E-state index contributed by atoms with van der Waals surface area (Å²) in [6, 6.07) is 1.88. The highest BCUT2D eigenvalue weighted by Crippen LogP contribution is 2.29. The normalized spacial score (nSPS) is 15.4. The van der Waals surface area contributed by atoms with E-state index >= 15 is 0 Å². The molecule has 0 spiro atoms. The number of ketones is 1. The van der Waals surface area contributed by atoms with Gasteiger partial charge in [-0.1, -0.05) is 40.7 Å². The van der Waals surface area contributed by atoms with Gasteiger partial charge in [0.2, 0.25) is 0 Å². The summed E-state index contributed by atoms with van der Waals surface area (Å²) in [5.41, 5.74) is 0.828. The molecule has 2 heterocycles. The monoisotopic (exact) mass is 328 g/mol. The van der Waals surface area contributed by atoms with E-state index in [0.29, 0.717) is 0 Å². The standard InChI is InChI=1S/C12H13IN2O/c1-9(2)11(16)10-5-3-6-13-12(10)15-8-4-7-14-15/h3-9H,1-2H3. The number of aromatic nitrogens is 2. The zero-order chi connectivity index (χ0) is 11.5. The van der Waals surface area contributed by atoms with Gasteiger partial charge in [0.05, 0.1) is 0 Å². The zero-order valence-electron chi connectivity index (χ0n) is 9.22. The maximum Gasteiger partial charge on any atom is 0.168 e. The van der Waals surface area contributed by atoms with Crippen molar-refractivity contribution in [3.05, 3.63) is 36.2 Å². The minimum absolute atomic E-state index is 0.0346. The van der Waals surface area contributed by atoms with Crippen LogP contribution in [0.5, 0.6) is 0 Å². The second-order valence-electron chi connectivity index (χ2n) is 3.77. The van der Waals surface area contributed by atoms with Gasteiger partial charge >= 0.3 is 0 Å². The number of halogens is 1. The molecule has 0 N–H and O–H groups in total. The molecule has 0 bridgehead atoms. The fourth-order valence-corrected chi connectivity index (χ4v) is 3.52. The predicted octanol–water partition coefficient (Wildman–Crippen LogP) is 2.62. The summed E-state index contributed by atoms with van der Waals surface area (Å²) in [5, 5.41) is 4.21. The highest BCUT2D eigenvalue weighted by molar-refractivity contribution is 14.2. The molecule has 3 nitrogen and oxygen atoms in total. The fraction of sp³-hybridized carbons (Fsp3) is 0.250. The summed E-state index contributed by atoms with van der Waals surface area (Å²) in [5.74, 6) is 0.238. The van der Waals surface area contributed by atoms with E-state index in [1.165, 1.54) is 0 Å². The molecule has 1 aliphatic heterocycles. The Morgan fingerprint density at radius 1 is 1.50 bits per heavy atom. The van der Waals surface area contributed by atoms with Crippen molar-refractivity contribution < 1.29 is 4.79 Å². The van der Waals surface area contributed by atoms with Crippen LogP contribution in [0.4, 0.5) is 0 Å². The Balaban J connectivity index is 2.49. The van der Waals surface area contributed by atoms with Gasteiger partial charge in [-0.15, -0.1) is 0 Å². The summed E-state index contributed by atoms with van der Waals surface area (Å²) in [7, 11) is 0. The lowest BCUT2D eigenvalue weighted by Gasteiger charge is -2.12. The number of rotatable bonds is 3. The highest BCUT2D eigenvalue weighted by atomic mass is 127. The van der Waals surface area contributed by atoms with Crippen molar-refractivity contribution >= 4 is 34.2 Å². The van der Waals surface area contributed by atoms with Crippen LogP contribution >= 0.6 is 20.7 Å².